The van der Waals surface area contributed by atoms with Crippen LogP contribution in [0.1, 0.15) is 89.3 Å². The van der Waals surface area contributed by atoms with Crippen LogP contribution in [0.2, 0.25) is 0 Å². The first-order valence-electron chi connectivity index (χ1n) is 8.80. The second-order valence-corrected chi connectivity index (χ2v) is 7.18. The van der Waals surface area contributed by atoms with Crippen LogP contribution in [0.3, 0.4) is 0 Å². The molecule has 1 unspecified atom stereocenters. The maximum absolute atomic E-state index is 5.61. The molecule has 0 bridgehead atoms. The Morgan fingerprint density at radius 1 is 1.24 bits per heavy atom. The van der Waals surface area contributed by atoms with Crippen molar-refractivity contribution in [2.75, 3.05) is 6.54 Å². The molecule has 0 radical (unpaired) electrons. The van der Waals surface area contributed by atoms with Gasteiger partial charge in [0.05, 0.1) is 5.54 Å². The van der Waals surface area contributed by atoms with Crippen molar-refractivity contribution in [2.24, 2.45) is 5.92 Å². The number of nitrogens with one attached hydrogen (secondary N) is 1. The van der Waals surface area contributed by atoms with E-state index in [0.29, 0.717) is 5.92 Å². The Kier molecular flexibility index (Phi) is 4.63. The van der Waals surface area contributed by atoms with E-state index < -0.39 is 0 Å². The lowest BCUT2D eigenvalue weighted by molar-refractivity contribution is 0.206. The third-order valence-electron chi connectivity index (χ3n) is 5.44. The summed E-state index contributed by atoms with van der Waals surface area (Å²) in [6, 6.07) is 0. The van der Waals surface area contributed by atoms with Crippen LogP contribution >= 0.6 is 0 Å². The smallest absolute Gasteiger partial charge is 0.246 e. The maximum Gasteiger partial charge on any atom is 0.246 e. The summed E-state index contributed by atoms with van der Waals surface area (Å²) in [5.74, 6) is 3.19. The Morgan fingerprint density at radius 3 is 2.71 bits per heavy atom. The molecule has 1 saturated carbocycles. The van der Waals surface area contributed by atoms with Crippen LogP contribution < -0.4 is 5.32 Å². The fourth-order valence-electron chi connectivity index (χ4n) is 3.98. The molecule has 21 heavy (non-hydrogen) atoms. The molecule has 118 valence electrons. The van der Waals surface area contributed by atoms with Gasteiger partial charge in [0, 0.05) is 5.92 Å². The summed E-state index contributed by atoms with van der Waals surface area (Å²) >= 11 is 0. The first kappa shape index (κ1) is 15.0. The molecule has 1 atom stereocenters. The Labute approximate surface area is 128 Å². The maximum atomic E-state index is 5.61. The molecular formula is C17H29N3O. The zero-order chi connectivity index (χ0) is 14.7. The first-order chi connectivity index (χ1) is 10.2. The van der Waals surface area contributed by atoms with E-state index >= 15 is 0 Å². The fourth-order valence-corrected chi connectivity index (χ4v) is 3.98. The number of hydrogen-bond donors (Lipinski definition) is 1. The molecular weight excluding hydrogens is 262 g/mol. The van der Waals surface area contributed by atoms with Crippen molar-refractivity contribution in [3.63, 3.8) is 0 Å². The van der Waals surface area contributed by atoms with Crippen molar-refractivity contribution in [3.8, 4) is 0 Å². The van der Waals surface area contributed by atoms with Crippen molar-refractivity contribution in [2.45, 2.75) is 83.1 Å². The second kappa shape index (κ2) is 6.47. The van der Waals surface area contributed by atoms with Crippen LogP contribution in [0.5, 0.6) is 0 Å². The molecule has 0 amide bonds. The summed E-state index contributed by atoms with van der Waals surface area (Å²) in [5.41, 5.74) is -0.108. The number of rotatable bonds is 4. The molecule has 3 rings (SSSR count). The molecule has 1 aromatic rings. The van der Waals surface area contributed by atoms with Crippen LogP contribution in [0.4, 0.5) is 0 Å². The van der Waals surface area contributed by atoms with Gasteiger partial charge in [-0.15, -0.1) is 0 Å². The first-order valence-corrected chi connectivity index (χ1v) is 8.80. The highest BCUT2D eigenvalue weighted by Crippen LogP contribution is 2.37. The number of aromatic nitrogens is 2. The fraction of sp³-hybridized carbons (Fsp3) is 0.882. The Morgan fingerprint density at radius 2 is 2.05 bits per heavy atom. The molecule has 1 saturated heterocycles. The van der Waals surface area contributed by atoms with Crippen LogP contribution in [-0.2, 0) is 5.54 Å². The average molecular weight is 291 g/mol. The third kappa shape index (κ3) is 3.31. The van der Waals surface area contributed by atoms with Crippen molar-refractivity contribution in [1.29, 1.82) is 0 Å². The highest BCUT2D eigenvalue weighted by molar-refractivity contribution is 5.06. The van der Waals surface area contributed by atoms with Crippen LogP contribution in [0.25, 0.3) is 0 Å². The summed E-state index contributed by atoms with van der Waals surface area (Å²) in [6.07, 6.45) is 11.4. The predicted octanol–water partition coefficient (Wildman–Crippen LogP) is 4.13. The van der Waals surface area contributed by atoms with E-state index in [0.717, 1.165) is 30.6 Å². The van der Waals surface area contributed by atoms with E-state index in [1.165, 1.54) is 51.4 Å². The zero-order valence-corrected chi connectivity index (χ0v) is 13.5. The van der Waals surface area contributed by atoms with Gasteiger partial charge in [-0.3, -0.25) is 0 Å². The Bertz CT molecular complexity index is 443. The Hall–Kier alpha value is -0.900. The molecule has 4 heteroatoms. The number of hydrogen-bond acceptors (Lipinski definition) is 4. The number of piperidine rings is 1. The summed E-state index contributed by atoms with van der Waals surface area (Å²) in [6.45, 7) is 5.54. The number of nitrogens with zero attached hydrogens (tertiary/aromatic N) is 2. The molecule has 1 N–H and O–H groups in total. The van der Waals surface area contributed by atoms with Crippen molar-refractivity contribution in [3.05, 3.63) is 11.7 Å². The predicted molar refractivity (Wildman–Crippen MR) is 83.1 cm³/mol. The lowest BCUT2D eigenvalue weighted by Crippen LogP contribution is -2.43. The molecule has 2 aliphatic rings. The Balaban J connectivity index is 1.63. The highest BCUT2D eigenvalue weighted by atomic mass is 16.5. The minimum Gasteiger partial charge on any atom is -0.337 e. The molecule has 4 nitrogen and oxygen atoms in total. The monoisotopic (exact) mass is 291 g/mol. The van der Waals surface area contributed by atoms with Gasteiger partial charge in [0.2, 0.25) is 5.89 Å². The van der Waals surface area contributed by atoms with Crippen molar-refractivity contribution < 1.29 is 4.52 Å². The minimum absolute atomic E-state index is 0.108. The van der Waals surface area contributed by atoms with E-state index in [1.54, 1.807) is 0 Å². The molecule has 2 fully saturated rings. The second-order valence-electron chi connectivity index (χ2n) is 7.18. The summed E-state index contributed by atoms with van der Waals surface area (Å²) in [4.78, 5) is 4.76. The van der Waals surface area contributed by atoms with Gasteiger partial charge in [0.1, 0.15) is 0 Å². The van der Waals surface area contributed by atoms with E-state index in [1.807, 2.05) is 0 Å². The zero-order valence-electron chi connectivity index (χ0n) is 13.5. The van der Waals surface area contributed by atoms with Crippen LogP contribution in [0.15, 0.2) is 4.52 Å². The lowest BCUT2D eigenvalue weighted by Gasteiger charge is -2.31. The standard InChI is InChI=1S/C17H29N3O/c1-3-6-13-7-9-14(10-8-13)15-19-16(21-20-15)17(2)11-4-5-12-18-17/h13-14,18H,3-12H2,1-2H3. The molecule has 0 spiro atoms. The summed E-state index contributed by atoms with van der Waals surface area (Å²) in [5, 5.41) is 7.86. The highest BCUT2D eigenvalue weighted by Gasteiger charge is 2.35. The van der Waals surface area contributed by atoms with Crippen molar-refractivity contribution >= 4 is 0 Å². The lowest BCUT2D eigenvalue weighted by atomic mass is 9.80. The van der Waals surface area contributed by atoms with E-state index in [2.05, 4.69) is 24.3 Å². The largest absolute Gasteiger partial charge is 0.337 e. The van der Waals surface area contributed by atoms with Crippen molar-refractivity contribution in [1.82, 2.24) is 15.5 Å². The van der Waals surface area contributed by atoms with Gasteiger partial charge < -0.3 is 9.84 Å². The molecule has 1 aliphatic heterocycles. The topological polar surface area (TPSA) is 51.0 Å². The van der Waals surface area contributed by atoms with Gasteiger partial charge in [0.15, 0.2) is 5.82 Å². The van der Waals surface area contributed by atoms with Gasteiger partial charge in [-0.2, -0.15) is 4.98 Å². The molecule has 1 aromatic heterocycles. The van der Waals surface area contributed by atoms with Gasteiger partial charge in [-0.05, 0) is 64.3 Å². The summed E-state index contributed by atoms with van der Waals surface area (Å²) in [7, 11) is 0. The SMILES string of the molecule is CCCC1CCC(c2noc(C3(C)CCCCN3)n2)CC1. The van der Waals surface area contributed by atoms with Crippen LogP contribution in [-0.4, -0.2) is 16.7 Å². The molecule has 0 aromatic carbocycles. The van der Waals surface area contributed by atoms with E-state index in [4.69, 9.17) is 9.51 Å². The molecule has 2 heterocycles. The van der Waals surface area contributed by atoms with E-state index in [9.17, 15) is 0 Å². The van der Waals surface area contributed by atoms with Gasteiger partial charge >= 0.3 is 0 Å². The summed E-state index contributed by atoms with van der Waals surface area (Å²) < 4.78 is 5.61. The van der Waals surface area contributed by atoms with Gasteiger partial charge in [0.25, 0.3) is 0 Å². The normalized spacial score (nSPS) is 34.0. The average Bonchev–Trinajstić information content (AvgIpc) is 3.00. The quantitative estimate of drug-likeness (QED) is 0.906. The van der Waals surface area contributed by atoms with Gasteiger partial charge in [-0.25, -0.2) is 0 Å². The van der Waals surface area contributed by atoms with Crippen LogP contribution in [0, 0.1) is 5.92 Å². The molecule has 1 aliphatic carbocycles. The third-order valence-corrected chi connectivity index (χ3v) is 5.44. The van der Waals surface area contributed by atoms with Gasteiger partial charge in [-0.1, -0.05) is 24.9 Å². The minimum atomic E-state index is -0.108. The van der Waals surface area contributed by atoms with E-state index in [-0.39, 0.29) is 5.54 Å².